The first-order valence-corrected chi connectivity index (χ1v) is 15.2. The van der Waals surface area contributed by atoms with Gasteiger partial charge in [-0.1, -0.05) is 165 Å². The molecule has 0 nitrogen and oxygen atoms in total. The summed E-state index contributed by atoms with van der Waals surface area (Å²) in [5.74, 6) is 1.08. The second-order valence-corrected chi connectivity index (χ2v) is 10.8. The molecule has 1 aliphatic rings. The fraction of sp³-hybridized carbons (Fsp3) is 0.590. The lowest BCUT2D eigenvalue weighted by Gasteiger charge is -2.21. The summed E-state index contributed by atoms with van der Waals surface area (Å²) < 4.78 is 0. The maximum absolute atomic E-state index is 3.78. The molecular formula is C39H74. The van der Waals surface area contributed by atoms with Crippen LogP contribution in [0.5, 0.6) is 0 Å². The third-order valence-electron chi connectivity index (χ3n) is 5.11. The van der Waals surface area contributed by atoms with Gasteiger partial charge in [-0.05, 0) is 73.1 Å². The number of hydrogen-bond acceptors (Lipinski definition) is 0. The Morgan fingerprint density at radius 2 is 1.23 bits per heavy atom. The molecule has 0 aliphatic heterocycles. The van der Waals surface area contributed by atoms with Crippen LogP contribution in [0.25, 0.3) is 0 Å². The van der Waals surface area contributed by atoms with Crippen molar-refractivity contribution in [3.8, 4) is 0 Å². The van der Waals surface area contributed by atoms with E-state index in [0.717, 1.165) is 11.5 Å². The molecule has 0 heterocycles. The third kappa shape index (κ3) is 78.7. The zero-order valence-electron chi connectivity index (χ0n) is 29.8. The van der Waals surface area contributed by atoms with Gasteiger partial charge in [-0.2, -0.15) is 0 Å². The quantitative estimate of drug-likeness (QED) is 0.211. The normalized spacial score (nSPS) is 10.7. The van der Waals surface area contributed by atoms with Crippen molar-refractivity contribution in [1.29, 1.82) is 0 Å². The van der Waals surface area contributed by atoms with Gasteiger partial charge in [0, 0.05) is 0 Å². The summed E-state index contributed by atoms with van der Waals surface area (Å²) in [6.45, 7) is 45.8. The van der Waals surface area contributed by atoms with Gasteiger partial charge in [0.05, 0.1) is 0 Å². The average molecular weight is 543 g/mol. The lowest BCUT2D eigenvalue weighted by atomic mass is 9.85. The van der Waals surface area contributed by atoms with Crippen molar-refractivity contribution < 1.29 is 0 Å². The second kappa shape index (κ2) is 40.4. The highest BCUT2D eigenvalue weighted by atomic mass is 14.2. The summed E-state index contributed by atoms with van der Waals surface area (Å²) in [4.78, 5) is 0. The van der Waals surface area contributed by atoms with Crippen LogP contribution in [0.3, 0.4) is 0 Å². The Labute approximate surface area is 250 Å². The molecule has 1 fully saturated rings. The highest BCUT2D eigenvalue weighted by Crippen LogP contribution is 2.27. The standard InChI is InChI=1S/C10H16.C9H20.C8H12.C4H8.2C3H6.C2H6/c1-8(2)6-7-10(5)9(3)4;1-5-7-8-9(3,4)6-2;1-4-5-6-7-8(2)3;1-4-2-3-4;2*1-3-2;1-2/h6-7H,1H2,2-5H3;5-8H2,1-4H3;4-7H,1H2,2-3H3;4H,2-3H2,1H3;2*3H,1H2,2H3;1-2H3/b7-6-;;6-5-;;;;. The minimum atomic E-state index is 0.593. The molecule has 0 atom stereocenters. The first-order chi connectivity index (χ1) is 18.2. The van der Waals surface area contributed by atoms with Crippen LogP contribution in [0.1, 0.15) is 142 Å². The van der Waals surface area contributed by atoms with E-state index < -0.39 is 0 Å². The fourth-order valence-electron chi connectivity index (χ4n) is 1.76. The highest BCUT2D eigenvalue weighted by Gasteiger charge is 2.13. The van der Waals surface area contributed by atoms with Crippen molar-refractivity contribution in [3.05, 3.63) is 97.2 Å². The predicted octanol–water partition coefficient (Wildman–Crippen LogP) is 14.6. The summed E-state index contributed by atoms with van der Waals surface area (Å²) in [7, 11) is 0. The summed E-state index contributed by atoms with van der Waals surface area (Å²) >= 11 is 0. The van der Waals surface area contributed by atoms with Crippen molar-refractivity contribution in [2.24, 2.45) is 11.3 Å². The van der Waals surface area contributed by atoms with E-state index in [2.05, 4.69) is 102 Å². The molecule has 1 rings (SSSR count). The number of rotatable bonds is 8. The molecule has 1 aliphatic carbocycles. The van der Waals surface area contributed by atoms with E-state index in [4.69, 9.17) is 0 Å². The van der Waals surface area contributed by atoms with Gasteiger partial charge < -0.3 is 0 Å². The van der Waals surface area contributed by atoms with Crippen molar-refractivity contribution in [2.45, 2.75) is 142 Å². The van der Waals surface area contributed by atoms with Gasteiger partial charge in [0.1, 0.15) is 0 Å². The second-order valence-electron chi connectivity index (χ2n) is 10.8. The largest absolute Gasteiger partial charge is 0.103 e. The van der Waals surface area contributed by atoms with Crippen LogP contribution in [0.4, 0.5) is 0 Å². The van der Waals surface area contributed by atoms with Gasteiger partial charge in [0.25, 0.3) is 0 Å². The van der Waals surface area contributed by atoms with Crippen LogP contribution in [0.15, 0.2) is 97.2 Å². The molecule has 39 heavy (non-hydrogen) atoms. The van der Waals surface area contributed by atoms with Gasteiger partial charge in [0.15, 0.2) is 0 Å². The Hall–Kier alpha value is -2.08. The van der Waals surface area contributed by atoms with E-state index in [1.54, 1.807) is 18.2 Å². The summed E-state index contributed by atoms with van der Waals surface area (Å²) in [5, 5.41) is 0. The lowest BCUT2D eigenvalue weighted by molar-refractivity contribution is 0.311. The van der Waals surface area contributed by atoms with Gasteiger partial charge in [-0.3, -0.25) is 0 Å². The van der Waals surface area contributed by atoms with Crippen LogP contribution in [0.2, 0.25) is 0 Å². The van der Waals surface area contributed by atoms with Crippen LogP contribution in [-0.4, -0.2) is 0 Å². The molecule has 230 valence electrons. The third-order valence-corrected chi connectivity index (χ3v) is 5.11. The van der Waals surface area contributed by atoms with Crippen molar-refractivity contribution in [1.82, 2.24) is 0 Å². The molecule has 0 unspecified atom stereocenters. The molecule has 0 spiro atoms. The Balaban J connectivity index is -0.0000000871. The van der Waals surface area contributed by atoms with Crippen molar-refractivity contribution >= 4 is 0 Å². The van der Waals surface area contributed by atoms with E-state index in [0.29, 0.717) is 5.41 Å². The highest BCUT2D eigenvalue weighted by molar-refractivity contribution is 5.26. The van der Waals surface area contributed by atoms with Gasteiger partial charge in [-0.15, -0.1) is 13.2 Å². The van der Waals surface area contributed by atoms with Crippen LogP contribution >= 0.6 is 0 Å². The zero-order chi connectivity index (χ0) is 32.3. The Kier molecular flexibility index (Phi) is 51.6. The molecule has 0 saturated heterocycles. The van der Waals surface area contributed by atoms with Crippen LogP contribution in [0, 0.1) is 11.3 Å². The number of allylic oxidation sites excluding steroid dienone is 12. The molecule has 0 amide bonds. The SMILES string of the molecule is C=C(C)/C=C\C(C)=C(C)C.C=C/C=C\C=C(C)C.C=CC.C=CC.CC.CC1CC1.CCCCC(C)(C)CC. The van der Waals surface area contributed by atoms with E-state index in [1.165, 1.54) is 55.2 Å². The average Bonchev–Trinajstić information content (AvgIpc) is 3.66. The summed E-state index contributed by atoms with van der Waals surface area (Å²) in [5.41, 5.74) is 5.68. The van der Waals surface area contributed by atoms with E-state index >= 15 is 0 Å². The molecule has 0 aromatic rings. The minimum Gasteiger partial charge on any atom is -0.103 e. The first kappa shape index (κ1) is 49.8. The summed E-state index contributed by atoms with van der Waals surface area (Å²) in [6, 6.07) is 0. The molecule has 0 aromatic carbocycles. The monoisotopic (exact) mass is 543 g/mol. The van der Waals surface area contributed by atoms with Crippen molar-refractivity contribution in [2.75, 3.05) is 0 Å². The number of hydrogen-bond donors (Lipinski definition) is 0. The smallest absolute Gasteiger partial charge is 0.0357 e. The van der Waals surface area contributed by atoms with Gasteiger partial charge >= 0.3 is 0 Å². The zero-order valence-corrected chi connectivity index (χ0v) is 29.8. The maximum atomic E-state index is 3.78. The predicted molar refractivity (Wildman–Crippen MR) is 192 cm³/mol. The molecular weight excluding hydrogens is 468 g/mol. The maximum Gasteiger partial charge on any atom is -0.0357 e. The van der Waals surface area contributed by atoms with E-state index in [-0.39, 0.29) is 0 Å². The van der Waals surface area contributed by atoms with Gasteiger partial charge in [0.2, 0.25) is 0 Å². The Morgan fingerprint density at radius 1 is 0.821 bits per heavy atom. The first-order valence-electron chi connectivity index (χ1n) is 15.2. The van der Waals surface area contributed by atoms with E-state index in [1.807, 2.05) is 58.9 Å². The Morgan fingerprint density at radius 3 is 1.46 bits per heavy atom. The van der Waals surface area contributed by atoms with E-state index in [9.17, 15) is 0 Å². The molecule has 0 bridgehead atoms. The molecule has 0 aromatic heterocycles. The fourth-order valence-corrected chi connectivity index (χ4v) is 1.76. The number of unbranched alkanes of at least 4 members (excludes halogenated alkanes) is 1. The van der Waals surface area contributed by atoms with Gasteiger partial charge in [-0.25, -0.2) is 0 Å². The molecule has 0 N–H and O–H groups in total. The Bertz CT molecular complexity index is 640. The topological polar surface area (TPSA) is 0 Å². The molecule has 1 saturated carbocycles. The minimum absolute atomic E-state index is 0.593. The van der Waals surface area contributed by atoms with Crippen LogP contribution in [-0.2, 0) is 0 Å². The summed E-state index contributed by atoms with van der Waals surface area (Å²) in [6.07, 6.45) is 23.7. The van der Waals surface area contributed by atoms with Crippen LogP contribution < -0.4 is 0 Å². The molecule has 0 radical (unpaired) electrons. The lowest BCUT2D eigenvalue weighted by Crippen LogP contribution is -2.08. The molecule has 0 heteroatoms. The van der Waals surface area contributed by atoms with Crippen molar-refractivity contribution in [3.63, 3.8) is 0 Å².